The van der Waals surface area contributed by atoms with Gasteiger partial charge in [-0.25, -0.2) is 4.99 Å². The summed E-state index contributed by atoms with van der Waals surface area (Å²) >= 11 is 0. The third kappa shape index (κ3) is 3.68. The summed E-state index contributed by atoms with van der Waals surface area (Å²) in [5.74, 6) is 2.09. The van der Waals surface area contributed by atoms with E-state index >= 15 is 0 Å². The summed E-state index contributed by atoms with van der Waals surface area (Å²) in [7, 11) is 4.03. The fourth-order valence-electron chi connectivity index (χ4n) is 2.40. The van der Waals surface area contributed by atoms with E-state index in [4.69, 9.17) is 9.47 Å². The van der Waals surface area contributed by atoms with E-state index in [2.05, 4.69) is 9.89 Å². The molecule has 1 aromatic carbocycles. The zero-order valence-corrected chi connectivity index (χ0v) is 13.4. The number of carbonyl (C=O) groups is 1. The van der Waals surface area contributed by atoms with E-state index in [0.717, 1.165) is 23.6 Å². The molecule has 0 unspecified atom stereocenters. The quantitative estimate of drug-likeness (QED) is 0.839. The van der Waals surface area contributed by atoms with Crippen LogP contribution in [0.4, 0.5) is 0 Å². The molecule has 5 heteroatoms. The smallest absolute Gasteiger partial charge is 0.226 e. The molecule has 0 saturated heterocycles. The Morgan fingerprint density at radius 3 is 2.74 bits per heavy atom. The summed E-state index contributed by atoms with van der Waals surface area (Å²) < 4.78 is 11.5. The van der Waals surface area contributed by atoms with Crippen LogP contribution in [0.25, 0.3) is 5.76 Å². The molecule has 3 rings (SSSR count). The Kier molecular flexibility index (Phi) is 4.57. The van der Waals surface area contributed by atoms with Gasteiger partial charge in [0.25, 0.3) is 0 Å². The predicted octanol–water partition coefficient (Wildman–Crippen LogP) is 2.64. The third-order valence-electron chi connectivity index (χ3n) is 3.72. The van der Waals surface area contributed by atoms with Crippen LogP contribution in [0.3, 0.4) is 0 Å². The minimum atomic E-state index is 0.0925. The van der Waals surface area contributed by atoms with Gasteiger partial charge in [0, 0.05) is 31.2 Å². The number of ether oxygens (including phenoxy) is 2. The lowest BCUT2D eigenvalue weighted by atomic mass is 10.0. The van der Waals surface area contributed by atoms with Crippen LogP contribution in [0.1, 0.15) is 18.4 Å². The highest BCUT2D eigenvalue weighted by molar-refractivity contribution is 6.06. The molecule has 2 heterocycles. The van der Waals surface area contributed by atoms with E-state index in [9.17, 15) is 4.79 Å². The van der Waals surface area contributed by atoms with Gasteiger partial charge in [0.15, 0.2) is 5.78 Å². The van der Waals surface area contributed by atoms with E-state index in [-0.39, 0.29) is 5.78 Å². The summed E-state index contributed by atoms with van der Waals surface area (Å²) in [4.78, 5) is 18.1. The van der Waals surface area contributed by atoms with Gasteiger partial charge in [0.2, 0.25) is 5.88 Å². The van der Waals surface area contributed by atoms with E-state index < -0.39 is 0 Å². The summed E-state index contributed by atoms with van der Waals surface area (Å²) in [6, 6.07) is 7.76. The van der Waals surface area contributed by atoms with Gasteiger partial charge in [0.1, 0.15) is 18.1 Å². The fourth-order valence-corrected chi connectivity index (χ4v) is 2.40. The Morgan fingerprint density at radius 2 is 2.00 bits per heavy atom. The number of allylic oxidation sites excluding steroid dienone is 2. The zero-order valence-electron chi connectivity index (χ0n) is 13.4. The monoisotopic (exact) mass is 312 g/mol. The number of Topliss-reactive ketones (excluding diaryl/α,β-unsaturated/α-hetero) is 1. The van der Waals surface area contributed by atoms with Crippen LogP contribution in [0.5, 0.6) is 5.75 Å². The second-order valence-corrected chi connectivity index (χ2v) is 5.77. The second kappa shape index (κ2) is 6.79. The van der Waals surface area contributed by atoms with Crippen molar-refractivity contribution in [2.24, 2.45) is 4.99 Å². The second-order valence-electron chi connectivity index (χ2n) is 5.77. The highest BCUT2D eigenvalue weighted by Gasteiger charge is 2.23. The number of aliphatic imine (C=N–C) groups is 1. The van der Waals surface area contributed by atoms with Crippen LogP contribution in [0.15, 0.2) is 46.8 Å². The Morgan fingerprint density at radius 1 is 1.22 bits per heavy atom. The number of benzene rings is 1. The van der Waals surface area contributed by atoms with Crippen molar-refractivity contribution in [3.63, 3.8) is 0 Å². The normalized spacial score (nSPS) is 17.0. The van der Waals surface area contributed by atoms with Gasteiger partial charge in [-0.05, 0) is 44.4 Å². The molecule has 2 aliphatic heterocycles. The highest BCUT2D eigenvalue weighted by atomic mass is 16.5. The van der Waals surface area contributed by atoms with Gasteiger partial charge >= 0.3 is 0 Å². The lowest BCUT2D eigenvalue weighted by Crippen LogP contribution is -2.19. The number of rotatable bonds is 5. The molecule has 5 nitrogen and oxygen atoms in total. The molecule has 2 aliphatic rings. The molecule has 0 amide bonds. The lowest BCUT2D eigenvalue weighted by Gasteiger charge is -2.20. The zero-order chi connectivity index (χ0) is 16.2. The van der Waals surface area contributed by atoms with E-state index in [1.165, 1.54) is 0 Å². The largest absolute Gasteiger partial charge is 0.492 e. The van der Waals surface area contributed by atoms with Crippen molar-refractivity contribution in [3.8, 4) is 5.75 Å². The Hall–Kier alpha value is -2.40. The van der Waals surface area contributed by atoms with Gasteiger partial charge in [-0.3, -0.25) is 4.79 Å². The van der Waals surface area contributed by atoms with Crippen LogP contribution in [0.2, 0.25) is 0 Å². The predicted molar refractivity (Wildman–Crippen MR) is 89.3 cm³/mol. The molecule has 0 fully saturated rings. The average molecular weight is 312 g/mol. The first-order chi connectivity index (χ1) is 11.1. The van der Waals surface area contributed by atoms with Gasteiger partial charge in [-0.1, -0.05) is 0 Å². The molecule has 0 bridgehead atoms. The number of carbonyl (C=O) groups excluding carboxylic acids is 1. The van der Waals surface area contributed by atoms with Crippen molar-refractivity contribution >= 4 is 17.8 Å². The maximum absolute atomic E-state index is 11.8. The van der Waals surface area contributed by atoms with Crippen molar-refractivity contribution in [3.05, 3.63) is 47.4 Å². The molecular weight excluding hydrogens is 292 g/mol. The standard InChI is InChI=1S/C18H20N2O3/c1-20(2)11-12-22-14-5-3-13(4-6-14)17-8-7-15-16(21)9-10-19-18(15)23-17/h3-6,8,10H,7,9,11-12H2,1-2H3. The summed E-state index contributed by atoms with van der Waals surface area (Å²) in [5.41, 5.74) is 1.62. The first-order valence-corrected chi connectivity index (χ1v) is 7.68. The molecule has 0 N–H and O–H groups in total. The Bertz CT molecular complexity index is 685. The first kappa shape index (κ1) is 15.5. The van der Waals surface area contributed by atoms with E-state index in [1.54, 1.807) is 6.21 Å². The van der Waals surface area contributed by atoms with Crippen LogP contribution in [-0.2, 0) is 9.53 Å². The molecule has 0 radical (unpaired) electrons. The minimum Gasteiger partial charge on any atom is -0.492 e. The van der Waals surface area contributed by atoms with Gasteiger partial charge in [-0.2, -0.15) is 0 Å². The van der Waals surface area contributed by atoms with Crippen molar-refractivity contribution < 1.29 is 14.3 Å². The van der Waals surface area contributed by atoms with Crippen molar-refractivity contribution in [2.75, 3.05) is 27.2 Å². The molecule has 0 aromatic heterocycles. The van der Waals surface area contributed by atoms with Gasteiger partial charge in [-0.15, -0.1) is 0 Å². The SMILES string of the molecule is CN(C)CCOc1ccc(C2=CCC3=C(N=CCC3=O)O2)cc1. The summed E-state index contributed by atoms with van der Waals surface area (Å²) in [5, 5.41) is 0. The number of hydrogen-bond donors (Lipinski definition) is 0. The van der Waals surface area contributed by atoms with Gasteiger partial charge < -0.3 is 14.4 Å². The number of likely N-dealkylation sites (N-methyl/N-ethyl adjacent to an activating group) is 1. The molecule has 1 aromatic rings. The first-order valence-electron chi connectivity index (χ1n) is 7.68. The molecular formula is C18H20N2O3. The Labute approximate surface area is 135 Å². The number of nitrogens with zero attached hydrogens (tertiary/aromatic N) is 2. The van der Waals surface area contributed by atoms with Crippen LogP contribution >= 0.6 is 0 Å². The fraction of sp³-hybridized carbons (Fsp3) is 0.333. The molecule has 0 atom stereocenters. The maximum atomic E-state index is 11.8. The molecule has 0 aliphatic carbocycles. The topological polar surface area (TPSA) is 51.1 Å². The van der Waals surface area contributed by atoms with Crippen molar-refractivity contribution in [1.82, 2.24) is 4.90 Å². The third-order valence-corrected chi connectivity index (χ3v) is 3.72. The molecule has 120 valence electrons. The highest BCUT2D eigenvalue weighted by Crippen LogP contribution is 2.31. The summed E-state index contributed by atoms with van der Waals surface area (Å²) in [6.07, 6.45) is 4.47. The number of hydrogen-bond acceptors (Lipinski definition) is 5. The Balaban J connectivity index is 1.64. The van der Waals surface area contributed by atoms with Crippen LogP contribution < -0.4 is 4.74 Å². The molecule has 23 heavy (non-hydrogen) atoms. The lowest BCUT2D eigenvalue weighted by molar-refractivity contribution is -0.114. The van der Waals surface area contributed by atoms with E-state index in [0.29, 0.717) is 30.9 Å². The minimum absolute atomic E-state index is 0.0925. The average Bonchev–Trinajstić information content (AvgIpc) is 2.55. The van der Waals surface area contributed by atoms with Crippen LogP contribution in [0, 0.1) is 0 Å². The van der Waals surface area contributed by atoms with Crippen LogP contribution in [-0.4, -0.2) is 44.1 Å². The van der Waals surface area contributed by atoms with Crippen molar-refractivity contribution in [1.29, 1.82) is 0 Å². The molecule has 0 saturated carbocycles. The maximum Gasteiger partial charge on any atom is 0.226 e. The van der Waals surface area contributed by atoms with E-state index in [1.807, 2.05) is 44.4 Å². The van der Waals surface area contributed by atoms with Gasteiger partial charge in [0.05, 0.1) is 5.57 Å². The summed E-state index contributed by atoms with van der Waals surface area (Å²) in [6.45, 7) is 1.53. The van der Waals surface area contributed by atoms with Crippen molar-refractivity contribution in [2.45, 2.75) is 12.8 Å². The number of ketones is 1. The molecule has 0 spiro atoms.